The third kappa shape index (κ3) is 1.71. The van der Waals surface area contributed by atoms with Gasteiger partial charge in [0.15, 0.2) is 0 Å². The van der Waals surface area contributed by atoms with E-state index in [0.717, 1.165) is 4.90 Å². The summed E-state index contributed by atoms with van der Waals surface area (Å²) in [5, 5.41) is 8.65. The van der Waals surface area contributed by atoms with Crippen LogP contribution in [0, 0.1) is 0 Å². The average molecular weight is 183 g/mol. The first-order chi connectivity index (χ1) is 5.63. The standard InChI is InChI=1S/C8H9NO2S/c1-9(8(10)11)6-4-2-3-5-7(6)12/h2-5,12H,1H3,(H,10,11). The normalized spacial score (nSPS) is 9.50. The van der Waals surface area contributed by atoms with Gasteiger partial charge < -0.3 is 5.11 Å². The van der Waals surface area contributed by atoms with Crippen LogP contribution in [0.5, 0.6) is 0 Å². The van der Waals surface area contributed by atoms with E-state index in [9.17, 15) is 4.79 Å². The maximum absolute atomic E-state index is 10.5. The molecule has 0 bridgehead atoms. The molecule has 64 valence electrons. The number of benzene rings is 1. The van der Waals surface area contributed by atoms with E-state index >= 15 is 0 Å². The van der Waals surface area contributed by atoms with E-state index in [1.807, 2.05) is 6.07 Å². The fourth-order valence-electron chi connectivity index (χ4n) is 0.851. The highest BCUT2D eigenvalue weighted by Gasteiger charge is 2.09. The van der Waals surface area contributed by atoms with Crippen molar-refractivity contribution in [2.45, 2.75) is 4.90 Å². The van der Waals surface area contributed by atoms with E-state index in [0.29, 0.717) is 10.6 Å². The van der Waals surface area contributed by atoms with E-state index in [2.05, 4.69) is 12.6 Å². The number of para-hydroxylation sites is 1. The first-order valence-corrected chi connectivity index (χ1v) is 3.82. The molecular formula is C8H9NO2S. The van der Waals surface area contributed by atoms with Crippen molar-refractivity contribution in [1.82, 2.24) is 0 Å². The van der Waals surface area contributed by atoms with Gasteiger partial charge in [-0.25, -0.2) is 4.79 Å². The Balaban J connectivity index is 3.02. The van der Waals surface area contributed by atoms with Gasteiger partial charge in [-0.3, -0.25) is 4.90 Å². The van der Waals surface area contributed by atoms with Gasteiger partial charge >= 0.3 is 6.09 Å². The highest BCUT2D eigenvalue weighted by molar-refractivity contribution is 7.80. The molecule has 0 fully saturated rings. The van der Waals surface area contributed by atoms with Crippen LogP contribution in [0.3, 0.4) is 0 Å². The van der Waals surface area contributed by atoms with Crippen molar-refractivity contribution in [1.29, 1.82) is 0 Å². The molecule has 12 heavy (non-hydrogen) atoms. The third-order valence-corrected chi connectivity index (χ3v) is 1.91. The van der Waals surface area contributed by atoms with E-state index in [1.165, 1.54) is 7.05 Å². The van der Waals surface area contributed by atoms with Crippen molar-refractivity contribution in [2.75, 3.05) is 11.9 Å². The number of rotatable bonds is 1. The first kappa shape index (κ1) is 8.93. The first-order valence-electron chi connectivity index (χ1n) is 3.37. The maximum Gasteiger partial charge on any atom is 0.411 e. The van der Waals surface area contributed by atoms with Crippen LogP contribution >= 0.6 is 12.6 Å². The molecule has 3 nitrogen and oxygen atoms in total. The van der Waals surface area contributed by atoms with E-state index < -0.39 is 6.09 Å². The second-order valence-corrected chi connectivity index (χ2v) is 2.81. The lowest BCUT2D eigenvalue weighted by molar-refractivity contribution is 0.203. The molecule has 1 aromatic rings. The van der Waals surface area contributed by atoms with Gasteiger partial charge in [0.05, 0.1) is 5.69 Å². The summed E-state index contributed by atoms with van der Waals surface area (Å²) in [6, 6.07) is 7.03. The Morgan fingerprint density at radius 3 is 2.58 bits per heavy atom. The minimum absolute atomic E-state index is 0.591. The highest BCUT2D eigenvalue weighted by atomic mass is 32.1. The molecule has 0 atom stereocenters. The smallest absolute Gasteiger partial charge is 0.411 e. The zero-order chi connectivity index (χ0) is 9.14. The van der Waals surface area contributed by atoms with E-state index in [1.54, 1.807) is 18.2 Å². The number of amides is 1. The SMILES string of the molecule is CN(C(=O)O)c1ccccc1S. The summed E-state index contributed by atoms with van der Waals surface area (Å²) in [7, 11) is 1.48. The second-order valence-electron chi connectivity index (χ2n) is 2.33. The Kier molecular flexibility index (Phi) is 2.60. The lowest BCUT2D eigenvalue weighted by atomic mass is 10.3. The highest BCUT2D eigenvalue weighted by Crippen LogP contribution is 2.21. The Hall–Kier alpha value is -1.16. The molecule has 0 aliphatic rings. The molecule has 4 heteroatoms. The predicted octanol–water partition coefficient (Wildman–Crippen LogP) is 2.09. The van der Waals surface area contributed by atoms with Gasteiger partial charge in [0.1, 0.15) is 0 Å². The van der Waals surface area contributed by atoms with Crippen molar-refractivity contribution in [2.24, 2.45) is 0 Å². The topological polar surface area (TPSA) is 40.5 Å². The summed E-state index contributed by atoms with van der Waals surface area (Å²) in [6.45, 7) is 0. The monoisotopic (exact) mass is 183 g/mol. The Bertz CT molecular complexity index is 301. The molecule has 0 aromatic heterocycles. The van der Waals surface area contributed by atoms with Gasteiger partial charge in [-0.1, -0.05) is 12.1 Å². The Morgan fingerprint density at radius 1 is 1.50 bits per heavy atom. The van der Waals surface area contributed by atoms with Crippen molar-refractivity contribution in [3.63, 3.8) is 0 Å². The number of carboxylic acid groups (broad SMARTS) is 1. The zero-order valence-corrected chi connectivity index (χ0v) is 7.45. The van der Waals surface area contributed by atoms with Crippen LogP contribution in [0.2, 0.25) is 0 Å². The van der Waals surface area contributed by atoms with Crippen LogP contribution in [0.15, 0.2) is 29.2 Å². The van der Waals surface area contributed by atoms with Crippen LogP contribution in [-0.4, -0.2) is 18.2 Å². The van der Waals surface area contributed by atoms with Gasteiger partial charge in [-0.15, -0.1) is 12.6 Å². The van der Waals surface area contributed by atoms with Gasteiger partial charge in [0, 0.05) is 11.9 Å². The molecule has 0 radical (unpaired) electrons. The van der Waals surface area contributed by atoms with Crippen molar-refractivity contribution < 1.29 is 9.90 Å². The molecule has 1 N–H and O–H groups in total. The number of nitrogens with zero attached hydrogens (tertiary/aromatic N) is 1. The molecule has 0 spiro atoms. The number of anilines is 1. The summed E-state index contributed by atoms with van der Waals surface area (Å²) < 4.78 is 0. The van der Waals surface area contributed by atoms with Crippen LogP contribution in [0.4, 0.5) is 10.5 Å². The lowest BCUT2D eigenvalue weighted by Gasteiger charge is -2.14. The molecular weight excluding hydrogens is 174 g/mol. The number of carbonyl (C=O) groups is 1. The fourth-order valence-corrected chi connectivity index (χ4v) is 1.16. The van der Waals surface area contributed by atoms with Crippen LogP contribution in [-0.2, 0) is 0 Å². The van der Waals surface area contributed by atoms with Crippen LogP contribution < -0.4 is 4.90 Å². The van der Waals surface area contributed by atoms with Crippen LogP contribution in [0.1, 0.15) is 0 Å². The van der Waals surface area contributed by atoms with Crippen molar-refractivity contribution in [3.05, 3.63) is 24.3 Å². The molecule has 0 heterocycles. The minimum atomic E-state index is -0.989. The molecule has 0 aliphatic carbocycles. The lowest BCUT2D eigenvalue weighted by Crippen LogP contribution is -2.23. The molecule has 0 unspecified atom stereocenters. The predicted molar refractivity (Wildman–Crippen MR) is 50.1 cm³/mol. The quantitative estimate of drug-likeness (QED) is 0.654. The second kappa shape index (κ2) is 3.49. The van der Waals surface area contributed by atoms with E-state index in [-0.39, 0.29) is 0 Å². The summed E-state index contributed by atoms with van der Waals surface area (Å²) in [4.78, 5) is 12.3. The summed E-state index contributed by atoms with van der Waals surface area (Å²) in [6.07, 6.45) is -0.989. The Morgan fingerprint density at radius 2 is 2.08 bits per heavy atom. The van der Waals surface area contributed by atoms with Crippen molar-refractivity contribution in [3.8, 4) is 0 Å². The van der Waals surface area contributed by atoms with E-state index in [4.69, 9.17) is 5.11 Å². The maximum atomic E-state index is 10.5. The van der Waals surface area contributed by atoms with Gasteiger partial charge in [-0.05, 0) is 12.1 Å². The zero-order valence-electron chi connectivity index (χ0n) is 6.56. The van der Waals surface area contributed by atoms with Gasteiger partial charge in [-0.2, -0.15) is 0 Å². The molecule has 0 saturated carbocycles. The molecule has 0 aliphatic heterocycles. The Labute approximate surface area is 76.0 Å². The largest absolute Gasteiger partial charge is 0.465 e. The number of hydrogen-bond acceptors (Lipinski definition) is 2. The number of thiol groups is 1. The average Bonchev–Trinajstić information content (AvgIpc) is 2.04. The molecule has 0 saturated heterocycles. The van der Waals surface area contributed by atoms with Gasteiger partial charge in [0.2, 0.25) is 0 Å². The molecule has 1 aromatic carbocycles. The van der Waals surface area contributed by atoms with Gasteiger partial charge in [0.25, 0.3) is 0 Å². The molecule has 1 rings (SSSR count). The fraction of sp³-hybridized carbons (Fsp3) is 0.125. The van der Waals surface area contributed by atoms with Crippen LogP contribution in [0.25, 0.3) is 0 Å². The summed E-state index contributed by atoms with van der Waals surface area (Å²) in [5.41, 5.74) is 0.591. The summed E-state index contributed by atoms with van der Waals surface area (Å²) in [5.74, 6) is 0. The summed E-state index contributed by atoms with van der Waals surface area (Å²) >= 11 is 4.13. The third-order valence-electron chi connectivity index (χ3n) is 1.53. The van der Waals surface area contributed by atoms with Crippen molar-refractivity contribution >= 4 is 24.4 Å². The minimum Gasteiger partial charge on any atom is -0.465 e. The molecule has 1 amide bonds. The number of hydrogen-bond donors (Lipinski definition) is 2.